The Morgan fingerprint density at radius 3 is 2.50 bits per heavy atom. The molecule has 1 amide bonds. The molecular formula is C10H10F3NO2. The van der Waals surface area contributed by atoms with E-state index in [0.717, 1.165) is 6.07 Å². The molecule has 0 saturated carbocycles. The number of anilines is 1. The van der Waals surface area contributed by atoms with Crippen LogP contribution in [0.15, 0.2) is 18.2 Å². The van der Waals surface area contributed by atoms with Gasteiger partial charge in [-0.1, -0.05) is 6.07 Å². The van der Waals surface area contributed by atoms with Gasteiger partial charge in [0.1, 0.15) is 5.75 Å². The quantitative estimate of drug-likeness (QED) is 0.852. The first kappa shape index (κ1) is 12.4. The van der Waals surface area contributed by atoms with Crippen LogP contribution in [0.5, 0.6) is 5.75 Å². The number of carbonyl (C=O) groups excluding carboxylic acids is 1. The van der Waals surface area contributed by atoms with Crippen molar-refractivity contribution in [2.24, 2.45) is 0 Å². The number of halogens is 3. The van der Waals surface area contributed by atoms with Crippen LogP contribution in [0.1, 0.15) is 12.5 Å². The monoisotopic (exact) mass is 233 g/mol. The fraction of sp³-hybridized carbons (Fsp3) is 0.300. The van der Waals surface area contributed by atoms with Gasteiger partial charge in [0.15, 0.2) is 0 Å². The average Bonchev–Trinajstić information content (AvgIpc) is 2.07. The highest BCUT2D eigenvalue weighted by atomic mass is 19.4. The van der Waals surface area contributed by atoms with Gasteiger partial charge in [-0.05, 0) is 18.6 Å². The summed E-state index contributed by atoms with van der Waals surface area (Å²) in [6, 6.07) is 3.75. The van der Waals surface area contributed by atoms with Gasteiger partial charge in [0.25, 0.3) is 0 Å². The Morgan fingerprint density at radius 1 is 1.38 bits per heavy atom. The second kappa shape index (κ2) is 4.42. The second-order valence-corrected chi connectivity index (χ2v) is 3.21. The number of amides is 1. The standard InChI is InChI=1S/C10H10F3NO2/c1-6-3-4-8(16-10(11,12)13)5-9(6)14-7(2)15/h3-5H,1-2H3,(H,14,15). The molecule has 1 aromatic rings. The van der Waals surface area contributed by atoms with Crippen LogP contribution >= 0.6 is 0 Å². The third-order valence-electron chi connectivity index (χ3n) is 1.75. The van der Waals surface area contributed by atoms with E-state index in [4.69, 9.17) is 0 Å². The van der Waals surface area contributed by atoms with E-state index in [0.29, 0.717) is 11.3 Å². The summed E-state index contributed by atoms with van der Waals surface area (Å²) in [5, 5.41) is 2.41. The molecule has 0 atom stereocenters. The van der Waals surface area contributed by atoms with Crippen molar-refractivity contribution in [3.8, 4) is 5.75 Å². The van der Waals surface area contributed by atoms with Gasteiger partial charge < -0.3 is 10.1 Å². The molecule has 0 saturated heterocycles. The van der Waals surface area contributed by atoms with E-state index in [-0.39, 0.29) is 11.7 Å². The topological polar surface area (TPSA) is 38.3 Å². The highest BCUT2D eigenvalue weighted by Crippen LogP contribution is 2.27. The minimum absolute atomic E-state index is 0.300. The van der Waals surface area contributed by atoms with Gasteiger partial charge in [0.2, 0.25) is 5.91 Å². The molecule has 1 aromatic carbocycles. The van der Waals surface area contributed by atoms with Gasteiger partial charge >= 0.3 is 6.36 Å². The maximum Gasteiger partial charge on any atom is 0.573 e. The molecule has 6 heteroatoms. The Balaban J connectivity index is 2.93. The lowest BCUT2D eigenvalue weighted by Crippen LogP contribution is -2.17. The molecule has 0 heterocycles. The highest BCUT2D eigenvalue weighted by Gasteiger charge is 2.31. The number of alkyl halides is 3. The largest absolute Gasteiger partial charge is 0.573 e. The molecule has 0 aliphatic rings. The van der Waals surface area contributed by atoms with Crippen molar-refractivity contribution in [3.63, 3.8) is 0 Å². The number of carbonyl (C=O) groups is 1. The summed E-state index contributed by atoms with van der Waals surface area (Å²) in [7, 11) is 0. The van der Waals surface area contributed by atoms with Gasteiger partial charge in [-0.15, -0.1) is 13.2 Å². The SMILES string of the molecule is CC(=O)Nc1cc(OC(F)(F)F)ccc1C. The van der Waals surface area contributed by atoms with Crippen LogP contribution in [0.3, 0.4) is 0 Å². The second-order valence-electron chi connectivity index (χ2n) is 3.21. The van der Waals surface area contributed by atoms with Crippen molar-refractivity contribution in [2.45, 2.75) is 20.2 Å². The number of aryl methyl sites for hydroxylation is 1. The molecule has 16 heavy (non-hydrogen) atoms. The maximum atomic E-state index is 11.9. The fourth-order valence-corrected chi connectivity index (χ4v) is 1.12. The Hall–Kier alpha value is -1.72. The van der Waals surface area contributed by atoms with Crippen molar-refractivity contribution >= 4 is 11.6 Å². The summed E-state index contributed by atoms with van der Waals surface area (Å²) in [6.07, 6.45) is -4.73. The lowest BCUT2D eigenvalue weighted by atomic mass is 10.2. The molecule has 1 rings (SSSR count). The number of hydrogen-bond acceptors (Lipinski definition) is 2. The van der Waals surface area contributed by atoms with Crippen molar-refractivity contribution in [1.29, 1.82) is 0 Å². The smallest absolute Gasteiger partial charge is 0.406 e. The van der Waals surface area contributed by atoms with Crippen LogP contribution in [0.4, 0.5) is 18.9 Å². The minimum Gasteiger partial charge on any atom is -0.406 e. The summed E-state index contributed by atoms with van der Waals surface area (Å²) in [5.74, 6) is -0.714. The fourth-order valence-electron chi connectivity index (χ4n) is 1.12. The number of hydrogen-bond donors (Lipinski definition) is 1. The van der Waals surface area contributed by atoms with Crippen LogP contribution < -0.4 is 10.1 Å². The zero-order valence-corrected chi connectivity index (χ0v) is 8.68. The zero-order valence-electron chi connectivity index (χ0n) is 8.68. The van der Waals surface area contributed by atoms with Crippen LogP contribution in [0, 0.1) is 6.92 Å². The van der Waals surface area contributed by atoms with E-state index >= 15 is 0 Å². The summed E-state index contributed by atoms with van der Waals surface area (Å²) in [6.45, 7) is 2.94. The summed E-state index contributed by atoms with van der Waals surface area (Å²) in [5.41, 5.74) is 0.957. The molecule has 0 aliphatic carbocycles. The molecular weight excluding hydrogens is 223 g/mol. The van der Waals surface area contributed by atoms with Crippen molar-refractivity contribution < 1.29 is 22.7 Å². The molecule has 0 spiro atoms. The molecule has 1 N–H and O–H groups in total. The Morgan fingerprint density at radius 2 is 2.00 bits per heavy atom. The molecule has 3 nitrogen and oxygen atoms in total. The van der Waals surface area contributed by atoms with Crippen molar-refractivity contribution in [3.05, 3.63) is 23.8 Å². The first-order valence-electron chi connectivity index (χ1n) is 4.42. The number of nitrogens with one attached hydrogen (secondary N) is 1. The lowest BCUT2D eigenvalue weighted by molar-refractivity contribution is -0.274. The van der Waals surface area contributed by atoms with E-state index in [1.54, 1.807) is 6.92 Å². The molecule has 0 bridgehead atoms. The summed E-state index contributed by atoms with van der Waals surface area (Å²) in [4.78, 5) is 10.8. The first-order chi connectivity index (χ1) is 7.28. The Labute approximate surface area is 90.2 Å². The molecule has 0 radical (unpaired) electrons. The maximum absolute atomic E-state index is 11.9. The summed E-state index contributed by atoms with van der Waals surface area (Å²) >= 11 is 0. The molecule has 0 aliphatic heterocycles. The molecule has 0 aromatic heterocycles. The van der Waals surface area contributed by atoms with Crippen LogP contribution in [-0.4, -0.2) is 12.3 Å². The normalized spacial score (nSPS) is 11.1. The van der Waals surface area contributed by atoms with Gasteiger partial charge in [0.05, 0.1) is 0 Å². The van der Waals surface area contributed by atoms with Crippen LogP contribution in [0.2, 0.25) is 0 Å². The predicted molar refractivity (Wildman–Crippen MR) is 52.2 cm³/mol. The van der Waals surface area contributed by atoms with E-state index in [1.165, 1.54) is 19.1 Å². The molecule has 88 valence electrons. The lowest BCUT2D eigenvalue weighted by Gasteiger charge is -2.12. The van der Waals surface area contributed by atoms with E-state index < -0.39 is 6.36 Å². The van der Waals surface area contributed by atoms with Crippen LogP contribution in [0.25, 0.3) is 0 Å². The third-order valence-corrected chi connectivity index (χ3v) is 1.75. The highest BCUT2D eigenvalue weighted by molar-refractivity contribution is 5.89. The average molecular weight is 233 g/mol. The minimum atomic E-state index is -4.73. The van der Waals surface area contributed by atoms with Gasteiger partial charge in [-0.25, -0.2) is 0 Å². The van der Waals surface area contributed by atoms with E-state index in [2.05, 4.69) is 10.1 Å². The van der Waals surface area contributed by atoms with Gasteiger partial charge in [-0.3, -0.25) is 4.79 Å². The van der Waals surface area contributed by atoms with E-state index in [9.17, 15) is 18.0 Å². The molecule has 0 fully saturated rings. The third kappa shape index (κ3) is 3.80. The first-order valence-corrected chi connectivity index (χ1v) is 4.42. The number of benzene rings is 1. The van der Waals surface area contributed by atoms with Crippen molar-refractivity contribution in [1.82, 2.24) is 0 Å². The zero-order chi connectivity index (χ0) is 12.3. The van der Waals surface area contributed by atoms with Gasteiger partial charge in [-0.2, -0.15) is 0 Å². The van der Waals surface area contributed by atoms with Crippen molar-refractivity contribution in [2.75, 3.05) is 5.32 Å². The number of rotatable bonds is 2. The number of ether oxygens (including phenoxy) is 1. The Bertz CT molecular complexity index is 402. The van der Waals surface area contributed by atoms with Gasteiger partial charge in [0, 0.05) is 18.7 Å². The summed E-state index contributed by atoms with van der Waals surface area (Å²) < 4.78 is 39.5. The molecule has 0 unspecified atom stereocenters. The van der Waals surface area contributed by atoms with Crippen LogP contribution in [-0.2, 0) is 4.79 Å². The predicted octanol–water partition coefficient (Wildman–Crippen LogP) is 2.85. The Kier molecular flexibility index (Phi) is 3.41. The van der Waals surface area contributed by atoms with E-state index in [1.807, 2.05) is 0 Å².